The van der Waals surface area contributed by atoms with Crippen LogP contribution < -0.4 is 0 Å². The number of aromatic hydroxyl groups is 1. The summed E-state index contributed by atoms with van der Waals surface area (Å²) in [7, 11) is 0. The van der Waals surface area contributed by atoms with E-state index in [1.54, 1.807) is 11.0 Å². The zero-order chi connectivity index (χ0) is 27.4. The zero-order valence-electron chi connectivity index (χ0n) is 21.9. The van der Waals surface area contributed by atoms with Gasteiger partial charge < -0.3 is 24.8 Å². The van der Waals surface area contributed by atoms with Crippen molar-refractivity contribution in [1.29, 1.82) is 0 Å². The molecule has 0 radical (unpaired) electrons. The van der Waals surface area contributed by atoms with Crippen LogP contribution in [-0.4, -0.2) is 50.0 Å². The molecule has 3 N–H and O–H groups in total. The Bertz CT molecular complexity index is 1480. The lowest BCUT2D eigenvalue weighted by atomic mass is 10.00. The third kappa shape index (κ3) is 6.03. The number of amides is 1. The van der Waals surface area contributed by atoms with Crippen LogP contribution in [0.15, 0.2) is 77.8 Å². The highest BCUT2D eigenvalue weighted by Gasteiger charge is 2.22. The number of benzene rings is 3. The molecule has 8 nitrogen and oxygen atoms in total. The lowest BCUT2D eigenvalue weighted by Crippen LogP contribution is -2.36. The van der Waals surface area contributed by atoms with Crippen LogP contribution in [0, 0.1) is 0 Å². The predicted octanol–water partition coefficient (Wildman–Crippen LogP) is 6.50. The van der Waals surface area contributed by atoms with E-state index in [9.17, 15) is 19.8 Å². The fourth-order valence-corrected chi connectivity index (χ4v) is 4.07. The largest absolute Gasteiger partial charge is 0.494 e. The molecule has 0 unspecified atom stereocenters. The van der Waals surface area contributed by atoms with E-state index in [2.05, 4.69) is 4.98 Å². The van der Waals surface area contributed by atoms with Gasteiger partial charge in [-0.3, -0.25) is 0 Å². The minimum absolute atomic E-state index is 0.0993. The molecule has 0 aliphatic carbocycles. The number of aliphatic imine (C=N–C) groups is 1. The number of carbonyl (C=O) groups excluding carboxylic acids is 1. The Kier molecular flexibility index (Phi) is 7.52. The maximum Gasteiger partial charge on any atom is 0.410 e. The summed E-state index contributed by atoms with van der Waals surface area (Å²) in [5.74, 6) is -1.15. The number of carboxylic acids is 1. The van der Waals surface area contributed by atoms with Crippen molar-refractivity contribution in [1.82, 2.24) is 9.88 Å². The van der Waals surface area contributed by atoms with Gasteiger partial charge in [-0.05, 0) is 57.5 Å². The van der Waals surface area contributed by atoms with E-state index in [0.717, 1.165) is 11.1 Å². The Hall–Kier alpha value is -4.59. The van der Waals surface area contributed by atoms with Gasteiger partial charge in [0.15, 0.2) is 5.88 Å². The van der Waals surface area contributed by atoms with Crippen molar-refractivity contribution >= 4 is 34.4 Å². The first-order valence-corrected chi connectivity index (χ1v) is 12.3. The molecule has 3 aromatic carbocycles. The molecular formula is C30H31N3O5. The van der Waals surface area contributed by atoms with Crippen LogP contribution in [0.1, 0.15) is 54.7 Å². The van der Waals surface area contributed by atoms with Gasteiger partial charge in [-0.15, -0.1) is 0 Å². The first-order chi connectivity index (χ1) is 18.1. The van der Waals surface area contributed by atoms with E-state index in [4.69, 9.17) is 9.73 Å². The van der Waals surface area contributed by atoms with Gasteiger partial charge in [0, 0.05) is 29.6 Å². The quantitative estimate of drug-likeness (QED) is 0.244. The number of carboxylic acid groups (broad SMARTS) is 1. The molecule has 1 aromatic heterocycles. The first kappa shape index (κ1) is 26.5. The Morgan fingerprint density at radius 2 is 1.66 bits per heavy atom. The average Bonchev–Trinajstić information content (AvgIpc) is 3.20. The fraction of sp³-hybridized carbons (Fsp3) is 0.233. The van der Waals surface area contributed by atoms with Crippen LogP contribution in [0.5, 0.6) is 5.88 Å². The van der Waals surface area contributed by atoms with Gasteiger partial charge in [0.1, 0.15) is 5.60 Å². The third-order valence-electron chi connectivity index (χ3n) is 5.89. The molecule has 8 heteroatoms. The summed E-state index contributed by atoms with van der Waals surface area (Å²) in [6, 6.07) is 21.7. The van der Waals surface area contributed by atoms with Gasteiger partial charge in [0.2, 0.25) is 0 Å². The lowest BCUT2D eigenvalue weighted by molar-refractivity contribution is 0.0244. The van der Waals surface area contributed by atoms with Gasteiger partial charge in [0.05, 0.1) is 22.5 Å². The van der Waals surface area contributed by atoms with Crippen LogP contribution >= 0.6 is 0 Å². The number of rotatable bonds is 7. The Labute approximate surface area is 221 Å². The van der Waals surface area contributed by atoms with Crippen LogP contribution in [-0.2, 0) is 11.3 Å². The molecule has 0 atom stereocenters. The van der Waals surface area contributed by atoms with Crippen LogP contribution in [0.3, 0.4) is 0 Å². The van der Waals surface area contributed by atoms with Gasteiger partial charge in [-0.25, -0.2) is 14.6 Å². The number of nitrogens with one attached hydrogen (secondary N) is 1. The number of fused-ring (bicyclic) bond motifs is 1. The summed E-state index contributed by atoms with van der Waals surface area (Å²) >= 11 is 0. The van der Waals surface area contributed by atoms with E-state index in [-0.39, 0.29) is 17.5 Å². The number of carbonyl (C=O) groups is 2. The maximum absolute atomic E-state index is 12.5. The summed E-state index contributed by atoms with van der Waals surface area (Å²) in [4.78, 5) is 33.3. The fourth-order valence-electron chi connectivity index (χ4n) is 4.07. The number of H-pyrrole nitrogens is 1. The summed E-state index contributed by atoms with van der Waals surface area (Å²) in [5, 5.41) is 20.8. The Morgan fingerprint density at radius 3 is 2.26 bits per heavy atom. The molecule has 0 saturated heterocycles. The predicted molar refractivity (Wildman–Crippen MR) is 147 cm³/mol. The highest BCUT2D eigenvalue weighted by Crippen LogP contribution is 2.32. The van der Waals surface area contributed by atoms with Crippen molar-refractivity contribution in [2.75, 3.05) is 6.54 Å². The molecule has 0 spiro atoms. The maximum atomic E-state index is 12.5. The average molecular weight is 514 g/mol. The van der Waals surface area contributed by atoms with Crippen molar-refractivity contribution in [3.63, 3.8) is 0 Å². The van der Waals surface area contributed by atoms with E-state index in [1.165, 1.54) is 12.1 Å². The number of aromatic carboxylic acids is 1. The van der Waals surface area contributed by atoms with Crippen LogP contribution in [0.4, 0.5) is 10.5 Å². The van der Waals surface area contributed by atoms with Crippen molar-refractivity contribution in [3.05, 3.63) is 95.1 Å². The molecule has 1 heterocycles. The highest BCUT2D eigenvalue weighted by molar-refractivity contribution is 6.22. The molecule has 0 aliphatic heterocycles. The molecule has 0 saturated carbocycles. The van der Waals surface area contributed by atoms with Gasteiger partial charge in [-0.1, -0.05) is 48.5 Å². The van der Waals surface area contributed by atoms with E-state index < -0.39 is 11.6 Å². The number of nitrogens with zero attached hydrogens (tertiary/aromatic N) is 2. The second kappa shape index (κ2) is 10.8. The van der Waals surface area contributed by atoms with Crippen LogP contribution in [0.25, 0.3) is 10.9 Å². The summed E-state index contributed by atoms with van der Waals surface area (Å²) in [6.07, 6.45) is -0.366. The molecule has 4 aromatic rings. The Balaban J connectivity index is 1.70. The standard InChI is InChI=1S/C30H31N3O5/c1-5-33(29(37)38-30(2,3)4)18-19-11-14-22(15-12-19)31-26(20-9-7-6-8-10-20)25-23-16-13-21(28(35)36)17-24(23)32-27(25)34/h6-17,32,34H,5,18H2,1-4H3,(H,35,36). The van der Waals surface area contributed by atoms with Crippen molar-refractivity contribution in [2.45, 2.75) is 39.8 Å². The molecule has 0 aliphatic rings. The van der Waals surface area contributed by atoms with Crippen molar-refractivity contribution in [2.24, 2.45) is 4.99 Å². The number of hydrogen-bond acceptors (Lipinski definition) is 5. The SMILES string of the molecule is CCN(Cc1ccc(N=C(c2ccccc2)c2c(O)[nH]c3cc(C(=O)O)ccc23)cc1)C(=O)OC(C)(C)C. The van der Waals surface area contributed by atoms with Crippen molar-refractivity contribution < 1.29 is 24.5 Å². The molecule has 0 fully saturated rings. The van der Waals surface area contributed by atoms with E-state index >= 15 is 0 Å². The minimum atomic E-state index is -1.05. The lowest BCUT2D eigenvalue weighted by Gasteiger charge is -2.26. The number of aromatic nitrogens is 1. The molecule has 1 amide bonds. The summed E-state index contributed by atoms with van der Waals surface area (Å²) in [5.41, 5.74) is 3.43. The molecular weight excluding hydrogens is 482 g/mol. The smallest absolute Gasteiger partial charge is 0.410 e. The normalized spacial score (nSPS) is 11.9. The van der Waals surface area contributed by atoms with Gasteiger partial charge in [0.25, 0.3) is 0 Å². The van der Waals surface area contributed by atoms with Crippen LogP contribution in [0.2, 0.25) is 0 Å². The topological polar surface area (TPSA) is 115 Å². The minimum Gasteiger partial charge on any atom is -0.494 e. The summed E-state index contributed by atoms with van der Waals surface area (Å²) < 4.78 is 5.50. The molecule has 0 bridgehead atoms. The third-order valence-corrected chi connectivity index (χ3v) is 5.89. The van der Waals surface area contributed by atoms with E-state index in [1.807, 2.05) is 82.3 Å². The molecule has 196 valence electrons. The number of aromatic amines is 1. The molecule has 4 rings (SSSR count). The first-order valence-electron chi connectivity index (χ1n) is 12.3. The summed E-state index contributed by atoms with van der Waals surface area (Å²) in [6.45, 7) is 8.33. The number of ether oxygens (including phenoxy) is 1. The molecule has 38 heavy (non-hydrogen) atoms. The Morgan fingerprint density at radius 1 is 0.974 bits per heavy atom. The zero-order valence-corrected chi connectivity index (χ0v) is 21.9. The highest BCUT2D eigenvalue weighted by atomic mass is 16.6. The second-order valence-electron chi connectivity index (χ2n) is 9.90. The monoisotopic (exact) mass is 513 g/mol. The number of hydrogen-bond donors (Lipinski definition) is 3. The van der Waals surface area contributed by atoms with E-state index in [0.29, 0.717) is 41.0 Å². The van der Waals surface area contributed by atoms with Gasteiger partial charge >= 0.3 is 12.1 Å². The van der Waals surface area contributed by atoms with Crippen molar-refractivity contribution in [3.8, 4) is 5.88 Å². The van der Waals surface area contributed by atoms with Gasteiger partial charge in [-0.2, -0.15) is 0 Å². The second-order valence-corrected chi connectivity index (χ2v) is 9.90.